The summed E-state index contributed by atoms with van der Waals surface area (Å²) in [7, 11) is 2.69. The molecule has 0 saturated carbocycles. The second-order valence-electron chi connectivity index (χ2n) is 2.46. The van der Waals surface area contributed by atoms with Gasteiger partial charge in [-0.2, -0.15) is 0 Å². The molecule has 0 aliphatic carbocycles. The molecule has 0 aromatic heterocycles. The summed E-state index contributed by atoms with van der Waals surface area (Å²) in [6.45, 7) is 0. The molecule has 0 aromatic carbocycles. The fourth-order valence-corrected chi connectivity index (χ4v) is 1.01. The Bertz CT molecular complexity index is 255. The van der Waals surface area contributed by atoms with Crippen LogP contribution in [0.3, 0.4) is 0 Å². The summed E-state index contributed by atoms with van der Waals surface area (Å²) in [5.74, 6) is -0.580. The van der Waals surface area contributed by atoms with Crippen LogP contribution in [-0.4, -0.2) is 32.3 Å². The first kappa shape index (κ1) is 9.57. The third-order valence-electron chi connectivity index (χ3n) is 1.65. The van der Waals surface area contributed by atoms with E-state index in [9.17, 15) is 9.59 Å². The summed E-state index contributed by atoms with van der Waals surface area (Å²) in [5.41, 5.74) is 0. The lowest BCUT2D eigenvalue weighted by molar-refractivity contribution is -0.147. The van der Waals surface area contributed by atoms with E-state index in [1.54, 1.807) is 0 Å². The topological polar surface area (TPSA) is 61.8 Å². The molecule has 0 radical (unpaired) electrons. The van der Waals surface area contributed by atoms with Crippen LogP contribution >= 0.6 is 0 Å². The Morgan fingerprint density at radius 2 is 2.31 bits per heavy atom. The Morgan fingerprint density at radius 3 is 2.85 bits per heavy atom. The van der Waals surface area contributed by atoms with E-state index in [2.05, 4.69) is 4.74 Å². The highest BCUT2D eigenvalue weighted by Crippen LogP contribution is 2.19. The van der Waals surface area contributed by atoms with Crippen molar-refractivity contribution in [2.24, 2.45) is 0 Å². The van der Waals surface area contributed by atoms with E-state index in [1.807, 2.05) is 0 Å². The van der Waals surface area contributed by atoms with Crippen molar-refractivity contribution in [3.63, 3.8) is 0 Å². The summed E-state index contributed by atoms with van der Waals surface area (Å²) >= 11 is 0. The van der Waals surface area contributed by atoms with E-state index < -0.39 is 18.0 Å². The smallest absolute Gasteiger partial charge is 0.335 e. The number of hydrogen-bond acceptors (Lipinski definition) is 5. The molecule has 0 amide bonds. The van der Waals surface area contributed by atoms with Crippen LogP contribution in [0.2, 0.25) is 0 Å². The lowest BCUT2D eigenvalue weighted by Crippen LogP contribution is -2.18. The molecule has 5 heteroatoms. The molecule has 1 aliphatic heterocycles. The standard InChI is InChI=1S/C8H10O5/c1-11-5-3-8(10)13-6(5)4-7(9)12-2/h3,6H,4H2,1-2H3/t6-/m1/s1. The zero-order chi connectivity index (χ0) is 9.84. The number of carbonyl (C=O) groups excluding carboxylic acids is 2. The van der Waals surface area contributed by atoms with Crippen LogP contribution in [0, 0.1) is 0 Å². The van der Waals surface area contributed by atoms with Gasteiger partial charge in [-0.05, 0) is 0 Å². The molecular weight excluding hydrogens is 176 g/mol. The van der Waals surface area contributed by atoms with Crippen LogP contribution in [0.5, 0.6) is 0 Å². The molecule has 0 fully saturated rings. The molecule has 13 heavy (non-hydrogen) atoms. The molecule has 1 atom stereocenters. The monoisotopic (exact) mass is 186 g/mol. The average Bonchev–Trinajstić information content (AvgIpc) is 2.46. The van der Waals surface area contributed by atoms with Crippen LogP contribution < -0.4 is 0 Å². The second kappa shape index (κ2) is 3.93. The number of carbonyl (C=O) groups is 2. The number of rotatable bonds is 3. The van der Waals surface area contributed by atoms with Crippen molar-refractivity contribution in [1.29, 1.82) is 0 Å². The van der Waals surface area contributed by atoms with Crippen molar-refractivity contribution in [2.45, 2.75) is 12.5 Å². The summed E-state index contributed by atoms with van der Waals surface area (Å²) < 4.78 is 14.1. The lowest BCUT2D eigenvalue weighted by atomic mass is 10.2. The van der Waals surface area contributed by atoms with Gasteiger partial charge in [0.2, 0.25) is 0 Å². The molecule has 1 heterocycles. The van der Waals surface area contributed by atoms with Crippen molar-refractivity contribution in [2.75, 3.05) is 14.2 Å². The molecule has 1 rings (SSSR count). The van der Waals surface area contributed by atoms with Gasteiger partial charge in [-0.3, -0.25) is 4.79 Å². The van der Waals surface area contributed by atoms with Crippen molar-refractivity contribution >= 4 is 11.9 Å². The summed E-state index contributed by atoms with van der Waals surface area (Å²) in [4.78, 5) is 21.6. The fourth-order valence-electron chi connectivity index (χ4n) is 1.01. The van der Waals surface area contributed by atoms with Gasteiger partial charge in [-0.1, -0.05) is 0 Å². The maximum Gasteiger partial charge on any atom is 0.335 e. The zero-order valence-corrected chi connectivity index (χ0v) is 7.40. The quantitative estimate of drug-likeness (QED) is 0.581. The van der Waals surface area contributed by atoms with Crippen molar-refractivity contribution < 1.29 is 23.8 Å². The van der Waals surface area contributed by atoms with E-state index in [4.69, 9.17) is 9.47 Å². The molecule has 0 N–H and O–H groups in total. The number of cyclic esters (lactones) is 1. The van der Waals surface area contributed by atoms with Gasteiger partial charge in [-0.15, -0.1) is 0 Å². The van der Waals surface area contributed by atoms with Crippen LogP contribution in [0.25, 0.3) is 0 Å². The first-order valence-corrected chi connectivity index (χ1v) is 3.70. The van der Waals surface area contributed by atoms with Crippen molar-refractivity contribution in [1.82, 2.24) is 0 Å². The largest absolute Gasteiger partial charge is 0.497 e. The van der Waals surface area contributed by atoms with Gasteiger partial charge in [0.1, 0.15) is 5.76 Å². The molecule has 5 nitrogen and oxygen atoms in total. The van der Waals surface area contributed by atoms with E-state index >= 15 is 0 Å². The van der Waals surface area contributed by atoms with Crippen molar-refractivity contribution in [3.8, 4) is 0 Å². The minimum atomic E-state index is -0.634. The van der Waals surface area contributed by atoms with Gasteiger partial charge in [0, 0.05) is 0 Å². The molecular formula is C8H10O5. The minimum absolute atomic E-state index is 0.0120. The Balaban J connectivity index is 2.57. The van der Waals surface area contributed by atoms with Gasteiger partial charge in [0.15, 0.2) is 6.10 Å². The van der Waals surface area contributed by atoms with Gasteiger partial charge in [0.05, 0.1) is 26.7 Å². The van der Waals surface area contributed by atoms with E-state index in [-0.39, 0.29) is 6.42 Å². The summed E-state index contributed by atoms with van der Waals surface area (Å²) in [6, 6.07) is 0. The second-order valence-corrected chi connectivity index (χ2v) is 2.46. The highest BCUT2D eigenvalue weighted by atomic mass is 16.6. The van der Waals surface area contributed by atoms with Crippen LogP contribution in [0.1, 0.15) is 6.42 Å². The van der Waals surface area contributed by atoms with Gasteiger partial charge < -0.3 is 14.2 Å². The minimum Gasteiger partial charge on any atom is -0.497 e. The molecule has 1 aliphatic rings. The summed E-state index contributed by atoms with van der Waals surface area (Å²) in [6.07, 6.45) is 0.570. The Kier molecular flexibility index (Phi) is 2.89. The maximum atomic E-state index is 10.8. The molecule has 0 unspecified atom stereocenters. The van der Waals surface area contributed by atoms with Gasteiger partial charge in [-0.25, -0.2) is 4.79 Å². The normalized spacial score (nSPS) is 20.6. The molecule has 72 valence electrons. The lowest BCUT2D eigenvalue weighted by Gasteiger charge is -2.10. The van der Waals surface area contributed by atoms with Crippen molar-refractivity contribution in [3.05, 3.63) is 11.8 Å². The van der Waals surface area contributed by atoms with E-state index in [0.717, 1.165) is 0 Å². The van der Waals surface area contributed by atoms with Crippen LogP contribution in [0.15, 0.2) is 11.8 Å². The van der Waals surface area contributed by atoms with E-state index in [0.29, 0.717) is 5.76 Å². The Hall–Kier alpha value is -1.52. The highest BCUT2D eigenvalue weighted by molar-refractivity contribution is 5.86. The average molecular weight is 186 g/mol. The zero-order valence-electron chi connectivity index (χ0n) is 7.40. The van der Waals surface area contributed by atoms with Gasteiger partial charge in [0.25, 0.3) is 0 Å². The van der Waals surface area contributed by atoms with E-state index in [1.165, 1.54) is 20.3 Å². The number of ether oxygens (including phenoxy) is 3. The number of methoxy groups -OCH3 is 2. The predicted molar refractivity (Wildman–Crippen MR) is 41.6 cm³/mol. The first-order valence-electron chi connectivity index (χ1n) is 3.70. The summed E-state index contributed by atoms with van der Waals surface area (Å²) in [5, 5.41) is 0. The first-order chi connectivity index (χ1) is 6.17. The predicted octanol–water partition coefficient (Wildman–Crippen LogP) is 0.00520. The fraction of sp³-hybridized carbons (Fsp3) is 0.500. The third kappa shape index (κ3) is 2.21. The molecule has 0 aromatic rings. The Labute approximate surface area is 75.3 Å². The maximum absolute atomic E-state index is 10.8. The number of esters is 2. The SMILES string of the molecule is COC(=O)C[C@H]1OC(=O)C=C1OC. The number of hydrogen-bond donors (Lipinski definition) is 0. The van der Waals surface area contributed by atoms with Crippen LogP contribution in [0.4, 0.5) is 0 Å². The Morgan fingerprint density at radius 1 is 1.62 bits per heavy atom. The molecule has 0 spiro atoms. The van der Waals surface area contributed by atoms with Gasteiger partial charge >= 0.3 is 11.9 Å². The highest BCUT2D eigenvalue weighted by Gasteiger charge is 2.29. The molecule has 0 bridgehead atoms. The third-order valence-corrected chi connectivity index (χ3v) is 1.65. The molecule has 0 saturated heterocycles. The van der Waals surface area contributed by atoms with Crippen LogP contribution in [-0.2, 0) is 23.8 Å².